The number of halogens is 1. The summed E-state index contributed by atoms with van der Waals surface area (Å²) in [6.45, 7) is 6.58. The number of fused-ring (bicyclic) bond motifs is 1. The number of amides is 2. The van der Waals surface area contributed by atoms with Crippen LogP contribution in [0, 0.1) is 12.7 Å². The van der Waals surface area contributed by atoms with E-state index in [1.807, 2.05) is 50.4 Å². The van der Waals surface area contributed by atoms with Gasteiger partial charge in [0.2, 0.25) is 5.91 Å². The summed E-state index contributed by atoms with van der Waals surface area (Å²) in [4.78, 5) is 31.7. The zero-order valence-corrected chi connectivity index (χ0v) is 21.2. The Morgan fingerprint density at radius 2 is 2.00 bits per heavy atom. The standard InChI is InChI=1S/C28H31FN2O3S/c1-4-20(3)31(28(33)21-9-7-8-19(2)16-21)17-27(32)30-14-12-26-22(13-15-35-26)24(30)18-34-25-11-6-5-10-23(25)29/h5-11,13,15-16,20,24H,4,12,14,17-18H2,1-3H3. The lowest BCUT2D eigenvalue weighted by molar-refractivity contribution is -0.136. The molecule has 0 aliphatic carbocycles. The first-order valence-corrected chi connectivity index (χ1v) is 12.9. The van der Waals surface area contributed by atoms with Gasteiger partial charge in [-0.15, -0.1) is 11.3 Å². The Hall–Kier alpha value is -3.19. The highest BCUT2D eigenvalue weighted by molar-refractivity contribution is 7.10. The molecule has 0 N–H and O–H groups in total. The molecule has 2 atom stereocenters. The van der Waals surface area contributed by atoms with Crippen molar-refractivity contribution < 1.29 is 18.7 Å². The molecule has 0 spiro atoms. The number of thiophene rings is 1. The SMILES string of the molecule is CCC(C)N(CC(=O)N1CCc2sccc2C1COc1ccccc1F)C(=O)c1cccc(C)c1. The number of carbonyl (C=O) groups is 2. The van der Waals surface area contributed by atoms with Gasteiger partial charge in [0.15, 0.2) is 11.6 Å². The van der Waals surface area contributed by atoms with E-state index in [9.17, 15) is 14.0 Å². The lowest BCUT2D eigenvalue weighted by Gasteiger charge is -2.38. The molecule has 0 radical (unpaired) electrons. The third-order valence-electron chi connectivity index (χ3n) is 6.60. The second-order valence-corrected chi connectivity index (χ2v) is 9.95. The van der Waals surface area contributed by atoms with Crippen LogP contribution >= 0.6 is 11.3 Å². The van der Waals surface area contributed by atoms with E-state index in [4.69, 9.17) is 4.74 Å². The first-order chi connectivity index (χ1) is 16.9. The molecule has 0 fully saturated rings. The molecule has 1 aliphatic rings. The maximum Gasteiger partial charge on any atom is 0.254 e. The summed E-state index contributed by atoms with van der Waals surface area (Å²) < 4.78 is 20.0. The minimum atomic E-state index is -0.432. The van der Waals surface area contributed by atoms with E-state index in [2.05, 4.69) is 0 Å². The topological polar surface area (TPSA) is 49.9 Å². The highest BCUT2D eigenvalue weighted by Gasteiger charge is 2.34. The third kappa shape index (κ3) is 5.56. The molecule has 5 nitrogen and oxygen atoms in total. The number of hydrogen-bond acceptors (Lipinski definition) is 4. The normalized spacial score (nSPS) is 15.9. The molecule has 0 saturated heterocycles. The summed E-state index contributed by atoms with van der Waals surface area (Å²) in [5.74, 6) is -0.550. The second-order valence-electron chi connectivity index (χ2n) is 8.95. The van der Waals surface area contributed by atoms with Crippen LogP contribution in [0.3, 0.4) is 0 Å². The smallest absolute Gasteiger partial charge is 0.254 e. The van der Waals surface area contributed by atoms with Crippen molar-refractivity contribution in [2.75, 3.05) is 19.7 Å². The zero-order chi connectivity index (χ0) is 24.9. The minimum absolute atomic E-state index is 0.0164. The van der Waals surface area contributed by atoms with Crippen molar-refractivity contribution in [3.8, 4) is 5.75 Å². The molecule has 4 rings (SSSR count). The minimum Gasteiger partial charge on any atom is -0.488 e. The van der Waals surface area contributed by atoms with Crippen LogP contribution in [-0.4, -0.2) is 47.4 Å². The van der Waals surface area contributed by atoms with Crippen molar-refractivity contribution in [3.05, 3.63) is 87.4 Å². The molecule has 7 heteroatoms. The Kier molecular flexibility index (Phi) is 7.86. The Bertz CT molecular complexity index is 1190. The van der Waals surface area contributed by atoms with Crippen LogP contribution in [0.2, 0.25) is 0 Å². The zero-order valence-electron chi connectivity index (χ0n) is 20.4. The van der Waals surface area contributed by atoms with Crippen molar-refractivity contribution in [2.24, 2.45) is 0 Å². The fourth-order valence-corrected chi connectivity index (χ4v) is 5.36. The average Bonchev–Trinajstić information content (AvgIpc) is 3.35. The molecule has 1 aliphatic heterocycles. The van der Waals surface area contributed by atoms with Crippen molar-refractivity contribution in [2.45, 2.75) is 45.7 Å². The van der Waals surface area contributed by atoms with Gasteiger partial charge in [-0.1, -0.05) is 36.8 Å². The number of nitrogens with zero attached hydrogens (tertiary/aromatic N) is 2. The lowest BCUT2D eigenvalue weighted by Crippen LogP contribution is -2.49. The van der Waals surface area contributed by atoms with Gasteiger partial charge in [-0.2, -0.15) is 0 Å². The predicted molar refractivity (Wildman–Crippen MR) is 136 cm³/mol. The summed E-state index contributed by atoms with van der Waals surface area (Å²) in [6, 6.07) is 15.3. The van der Waals surface area contributed by atoms with Gasteiger partial charge in [0, 0.05) is 23.0 Å². The number of benzene rings is 2. The average molecular weight is 495 g/mol. The fraction of sp³-hybridized carbons (Fsp3) is 0.357. The summed E-state index contributed by atoms with van der Waals surface area (Å²) in [6.07, 6.45) is 1.49. The van der Waals surface area contributed by atoms with Gasteiger partial charge < -0.3 is 14.5 Å². The highest BCUT2D eigenvalue weighted by Crippen LogP contribution is 2.34. The van der Waals surface area contributed by atoms with Crippen LogP contribution in [0.1, 0.15) is 52.7 Å². The molecule has 2 heterocycles. The Morgan fingerprint density at radius 1 is 1.20 bits per heavy atom. The first kappa shape index (κ1) is 24.9. The molecule has 2 unspecified atom stereocenters. The van der Waals surface area contributed by atoms with Crippen molar-refractivity contribution in [3.63, 3.8) is 0 Å². The maximum absolute atomic E-state index is 14.2. The van der Waals surface area contributed by atoms with E-state index in [1.54, 1.807) is 45.4 Å². The van der Waals surface area contributed by atoms with Crippen molar-refractivity contribution >= 4 is 23.2 Å². The molecule has 3 aromatic rings. The van der Waals surface area contributed by atoms with Gasteiger partial charge in [0.25, 0.3) is 5.91 Å². The van der Waals surface area contributed by atoms with E-state index in [1.165, 1.54) is 10.9 Å². The monoisotopic (exact) mass is 494 g/mol. The van der Waals surface area contributed by atoms with Gasteiger partial charge >= 0.3 is 0 Å². The van der Waals surface area contributed by atoms with Crippen LogP contribution < -0.4 is 4.74 Å². The quantitative estimate of drug-likeness (QED) is 0.407. The number of aryl methyl sites for hydroxylation is 1. The molecular formula is C28H31FN2O3S. The first-order valence-electron chi connectivity index (χ1n) is 12.0. The second kappa shape index (κ2) is 11.0. The van der Waals surface area contributed by atoms with Crippen LogP contribution in [0.25, 0.3) is 0 Å². The number of rotatable bonds is 8. The summed E-state index contributed by atoms with van der Waals surface area (Å²) in [5.41, 5.74) is 2.61. The number of hydrogen-bond donors (Lipinski definition) is 0. The third-order valence-corrected chi connectivity index (χ3v) is 7.60. The van der Waals surface area contributed by atoms with E-state index in [-0.39, 0.29) is 42.8 Å². The molecule has 0 saturated carbocycles. The van der Waals surface area contributed by atoms with Gasteiger partial charge in [-0.05, 0) is 68.0 Å². The molecule has 184 valence electrons. The molecule has 1 aromatic heterocycles. The number of carbonyl (C=O) groups excluding carboxylic acids is 2. The summed E-state index contributed by atoms with van der Waals surface area (Å²) in [5, 5.41) is 2.02. The van der Waals surface area contributed by atoms with E-state index in [0.29, 0.717) is 12.1 Å². The summed E-state index contributed by atoms with van der Waals surface area (Å²) in [7, 11) is 0. The van der Waals surface area contributed by atoms with Crippen LogP contribution in [-0.2, 0) is 11.2 Å². The van der Waals surface area contributed by atoms with Gasteiger partial charge in [0.1, 0.15) is 13.2 Å². The van der Waals surface area contributed by atoms with Crippen LogP contribution in [0.15, 0.2) is 60.0 Å². The van der Waals surface area contributed by atoms with Gasteiger partial charge in [-0.25, -0.2) is 4.39 Å². The van der Waals surface area contributed by atoms with Crippen LogP contribution in [0.5, 0.6) is 5.75 Å². The Morgan fingerprint density at radius 3 is 2.74 bits per heavy atom. The van der Waals surface area contributed by atoms with Gasteiger partial charge in [-0.3, -0.25) is 9.59 Å². The summed E-state index contributed by atoms with van der Waals surface area (Å²) >= 11 is 1.66. The van der Waals surface area contributed by atoms with Crippen molar-refractivity contribution in [1.29, 1.82) is 0 Å². The maximum atomic E-state index is 14.2. The van der Waals surface area contributed by atoms with Crippen molar-refractivity contribution in [1.82, 2.24) is 9.80 Å². The molecular weight excluding hydrogens is 463 g/mol. The molecule has 0 bridgehead atoms. The number of para-hydroxylation sites is 1. The lowest BCUT2D eigenvalue weighted by atomic mass is 10.00. The Balaban J connectivity index is 1.56. The van der Waals surface area contributed by atoms with E-state index >= 15 is 0 Å². The highest BCUT2D eigenvalue weighted by atomic mass is 32.1. The number of ether oxygens (including phenoxy) is 1. The fourth-order valence-electron chi connectivity index (χ4n) is 4.43. The van der Waals surface area contributed by atoms with E-state index < -0.39 is 5.82 Å². The van der Waals surface area contributed by atoms with Gasteiger partial charge in [0.05, 0.1) is 6.04 Å². The molecule has 2 amide bonds. The largest absolute Gasteiger partial charge is 0.488 e. The molecule has 35 heavy (non-hydrogen) atoms. The predicted octanol–water partition coefficient (Wildman–Crippen LogP) is 5.64. The van der Waals surface area contributed by atoms with E-state index in [0.717, 1.165) is 24.0 Å². The van der Waals surface area contributed by atoms with Crippen LogP contribution in [0.4, 0.5) is 4.39 Å². The Labute approximate surface area is 210 Å². The molecule has 2 aromatic carbocycles.